The van der Waals surface area contributed by atoms with Gasteiger partial charge in [-0.25, -0.2) is 0 Å². The molecule has 1 amide bonds. The van der Waals surface area contributed by atoms with E-state index in [1.54, 1.807) is 0 Å². The van der Waals surface area contributed by atoms with Crippen molar-refractivity contribution in [2.45, 2.75) is 32.4 Å². The third-order valence-electron chi connectivity index (χ3n) is 3.50. The van der Waals surface area contributed by atoms with Gasteiger partial charge in [0, 0.05) is 17.1 Å². The van der Waals surface area contributed by atoms with Crippen LogP contribution in [-0.2, 0) is 11.3 Å². The summed E-state index contributed by atoms with van der Waals surface area (Å²) in [6.45, 7) is 3.34. The first-order valence-corrected chi connectivity index (χ1v) is 7.56. The van der Waals surface area contributed by atoms with Crippen molar-refractivity contribution in [3.63, 3.8) is 0 Å². The van der Waals surface area contributed by atoms with Crippen molar-refractivity contribution in [3.8, 4) is 0 Å². The molecule has 2 rings (SSSR count). The van der Waals surface area contributed by atoms with Crippen LogP contribution in [0.15, 0.2) is 28.7 Å². The number of hydrogen-bond acceptors (Lipinski definition) is 2. The van der Waals surface area contributed by atoms with Gasteiger partial charge in [-0.3, -0.25) is 9.69 Å². The summed E-state index contributed by atoms with van der Waals surface area (Å²) in [5.41, 5.74) is 1.22. The second-order valence-corrected chi connectivity index (χ2v) is 6.41. The van der Waals surface area contributed by atoms with E-state index in [1.807, 2.05) is 24.1 Å². The van der Waals surface area contributed by atoms with Gasteiger partial charge < -0.3 is 5.32 Å². The average Bonchev–Trinajstić information content (AvgIpc) is 3.15. The number of nitrogens with zero attached hydrogens (tertiary/aromatic N) is 1. The van der Waals surface area contributed by atoms with Gasteiger partial charge in [0.25, 0.3) is 0 Å². The molecule has 0 aliphatic heterocycles. The number of amides is 1. The molecule has 4 heteroatoms. The Balaban J connectivity index is 1.75. The summed E-state index contributed by atoms with van der Waals surface area (Å²) in [7, 11) is 1.98. The lowest BCUT2D eigenvalue weighted by atomic mass is 10.2. The maximum Gasteiger partial charge on any atom is 0.234 e. The van der Waals surface area contributed by atoms with Crippen LogP contribution in [0.4, 0.5) is 0 Å². The Bertz CT molecular complexity index is 428. The zero-order valence-electron chi connectivity index (χ0n) is 11.5. The van der Waals surface area contributed by atoms with E-state index in [2.05, 4.69) is 40.3 Å². The van der Waals surface area contributed by atoms with E-state index in [-0.39, 0.29) is 5.91 Å². The molecule has 1 atom stereocenters. The fourth-order valence-electron chi connectivity index (χ4n) is 2.22. The maximum absolute atomic E-state index is 11.9. The second kappa shape index (κ2) is 6.53. The summed E-state index contributed by atoms with van der Waals surface area (Å²) in [5, 5.41) is 3.08. The molecule has 1 N–H and O–H groups in total. The minimum absolute atomic E-state index is 0.124. The summed E-state index contributed by atoms with van der Waals surface area (Å²) in [4.78, 5) is 13.9. The number of nitrogens with one attached hydrogen (secondary N) is 1. The van der Waals surface area contributed by atoms with Crippen LogP contribution in [0.25, 0.3) is 0 Å². The Morgan fingerprint density at radius 2 is 2.05 bits per heavy atom. The first kappa shape index (κ1) is 14.5. The summed E-state index contributed by atoms with van der Waals surface area (Å²) in [5.74, 6) is 0.833. The molecule has 3 nitrogen and oxygen atoms in total. The minimum atomic E-state index is 0.124. The molecule has 1 aromatic rings. The highest BCUT2D eigenvalue weighted by Gasteiger charge is 2.28. The molecule has 1 aliphatic carbocycles. The molecule has 0 saturated heterocycles. The maximum atomic E-state index is 11.9. The predicted molar refractivity (Wildman–Crippen MR) is 80.8 cm³/mol. The van der Waals surface area contributed by atoms with Crippen molar-refractivity contribution in [2.75, 3.05) is 13.6 Å². The van der Waals surface area contributed by atoms with Gasteiger partial charge in [0.15, 0.2) is 0 Å². The monoisotopic (exact) mass is 324 g/mol. The normalized spacial score (nSPS) is 16.4. The SMILES string of the molecule is C[C@H](NC(=O)CN(C)Cc1ccc(Br)cc1)C1CC1. The van der Waals surface area contributed by atoms with Gasteiger partial charge in [0.2, 0.25) is 5.91 Å². The van der Waals surface area contributed by atoms with Crippen LogP contribution in [0, 0.1) is 5.92 Å². The summed E-state index contributed by atoms with van der Waals surface area (Å²) in [6, 6.07) is 8.53. The molecule has 1 aliphatic rings. The highest BCUT2D eigenvalue weighted by atomic mass is 79.9. The number of rotatable bonds is 6. The van der Waals surface area contributed by atoms with E-state index >= 15 is 0 Å². The zero-order valence-corrected chi connectivity index (χ0v) is 13.1. The van der Waals surface area contributed by atoms with Gasteiger partial charge in [0.05, 0.1) is 6.54 Å². The van der Waals surface area contributed by atoms with Crippen LogP contribution in [-0.4, -0.2) is 30.4 Å². The Morgan fingerprint density at radius 3 is 2.63 bits per heavy atom. The van der Waals surface area contributed by atoms with E-state index in [4.69, 9.17) is 0 Å². The lowest BCUT2D eigenvalue weighted by molar-refractivity contribution is -0.122. The molecule has 104 valence electrons. The Kier molecular flexibility index (Phi) is 4.99. The van der Waals surface area contributed by atoms with E-state index in [9.17, 15) is 4.79 Å². The molecule has 0 aromatic heterocycles. The van der Waals surface area contributed by atoms with Crippen LogP contribution in [0.5, 0.6) is 0 Å². The predicted octanol–water partition coefficient (Wildman–Crippen LogP) is 2.80. The van der Waals surface area contributed by atoms with Crippen molar-refractivity contribution in [2.24, 2.45) is 5.92 Å². The van der Waals surface area contributed by atoms with Gasteiger partial charge in [-0.05, 0) is 50.4 Å². The standard InChI is InChI=1S/C15H21BrN2O/c1-11(13-5-6-13)17-15(19)10-18(2)9-12-3-7-14(16)8-4-12/h3-4,7-8,11,13H,5-6,9-10H2,1-2H3,(H,17,19)/t11-/m0/s1. The van der Waals surface area contributed by atoms with E-state index in [0.29, 0.717) is 18.5 Å². The van der Waals surface area contributed by atoms with Crippen LogP contribution >= 0.6 is 15.9 Å². The van der Waals surface area contributed by atoms with Gasteiger partial charge in [-0.1, -0.05) is 28.1 Å². The number of halogens is 1. The number of carbonyl (C=O) groups excluding carboxylic acids is 1. The smallest absolute Gasteiger partial charge is 0.234 e. The summed E-state index contributed by atoms with van der Waals surface area (Å²) < 4.78 is 1.08. The fraction of sp³-hybridized carbons (Fsp3) is 0.533. The molecule has 1 saturated carbocycles. The lowest BCUT2D eigenvalue weighted by Gasteiger charge is -2.19. The molecule has 1 fully saturated rings. The molecule has 0 radical (unpaired) electrons. The molecule has 0 unspecified atom stereocenters. The highest BCUT2D eigenvalue weighted by Crippen LogP contribution is 2.32. The molecule has 19 heavy (non-hydrogen) atoms. The summed E-state index contributed by atoms with van der Waals surface area (Å²) in [6.07, 6.45) is 2.52. The van der Waals surface area contributed by atoms with Crippen molar-refractivity contribution >= 4 is 21.8 Å². The van der Waals surface area contributed by atoms with Crippen molar-refractivity contribution in [1.29, 1.82) is 0 Å². The molecule has 0 heterocycles. The molecule has 0 bridgehead atoms. The number of benzene rings is 1. The average molecular weight is 325 g/mol. The number of likely N-dealkylation sites (N-methyl/N-ethyl adjacent to an activating group) is 1. The highest BCUT2D eigenvalue weighted by molar-refractivity contribution is 9.10. The van der Waals surface area contributed by atoms with Crippen LogP contribution in [0.1, 0.15) is 25.3 Å². The Hall–Kier alpha value is -0.870. The number of hydrogen-bond donors (Lipinski definition) is 1. The van der Waals surface area contributed by atoms with Gasteiger partial charge >= 0.3 is 0 Å². The quantitative estimate of drug-likeness (QED) is 0.872. The summed E-state index contributed by atoms with van der Waals surface area (Å²) >= 11 is 3.42. The van der Waals surface area contributed by atoms with Crippen LogP contribution in [0.3, 0.4) is 0 Å². The largest absolute Gasteiger partial charge is 0.352 e. The van der Waals surface area contributed by atoms with E-state index in [0.717, 1.165) is 11.0 Å². The molecular formula is C15H21BrN2O. The van der Waals surface area contributed by atoms with Gasteiger partial charge in [0.1, 0.15) is 0 Å². The Labute approximate surface area is 123 Å². The van der Waals surface area contributed by atoms with Crippen molar-refractivity contribution in [3.05, 3.63) is 34.3 Å². The first-order chi connectivity index (χ1) is 9.04. The molecular weight excluding hydrogens is 304 g/mol. The van der Waals surface area contributed by atoms with Crippen LogP contribution < -0.4 is 5.32 Å². The van der Waals surface area contributed by atoms with Crippen molar-refractivity contribution in [1.82, 2.24) is 10.2 Å². The third kappa shape index (κ3) is 4.96. The molecule has 1 aromatic carbocycles. The van der Waals surface area contributed by atoms with Crippen molar-refractivity contribution < 1.29 is 4.79 Å². The second-order valence-electron chi connectivity index (χ2n) is 5.49. The lowest BCUT2D eigenvalue weighted by Crippen LogP contribution is -2.40. The third-order valence-corrected chi connectivity index (χ3v) is 4.03. The molecule has 0 spiro atoms. The van der Waals surface area contributed by atoms with Crippen LogP contribution in [0.2, 0.25) is 0 Å². The zero-order chi connectivity index (χ0) is 13.8. The number of carbonyl (C=O) groups is 1. The van der Waals surface area contributed by atoms with Gasteiger partial charge in [-0.2, -0.15) is 0 Å². The van der Waals surface area contributed by atoms with Gasteiger partial charge in [-0.15, -0.1) is 0 Å². The first-order valence-electron chi connectivity index (χ1n) is 6.77. The minimum Gasteiger partial charge on any atom is -0.352 e. The van der Waals surface area contributed by atoms with E-state index in [1.165, 1.54) is 18.4 Å². The van der Waals surface area contributed by atoms with E-state index < -0.39 is 0 Å². The fourth-order valence-corrected chi connectivity index (χ4v) is 2.48. The topological polar surface area (TPSA) is 32.3 Å². The Morgan fingerprint density at radius 1 is 1.42 bits per heavy atom.